The molecule has 0 atom stereocenters. The van der Waals surface area contributed by atoms with Crippen LogP contribution in [0.15, 0.2) is 12.3 Å². The van der Waals surface area contributed by atoms with E-state index in [9.17, 15) is 9.90 Å². The van der Waals surface area contributed by atoms with Gasteiger partial charge in [0, 0.05) is 12.7 Å². The highest BCUT2D eigenvalue weighted by atomic mass is 16.3. The van der Waals surface area contributed by atoms with Crippen molar-refractivity contribution in [2.24, 2.45) is 0 Å². The zero-order valence-corrected chi connectivity index (χ0v) is 9.65. The molecule has 0 amide bonds. The van der Waals surface area contributed by atoms with Gasteiger partial charge in [-0.3, -0.25) is 9.48 Å². The van der Waals surface area contributed by atoms with Crippen LogP contribution in [0.25, 0.3) is 0 Å². The van der Waals surface area contributed by atoms with Crippen molar-refractivity contribution in [3.8, 4) is 0 Å². The number of carbonyl (C=O) groups excluding carboxylic acids is 1. The smallest absolute Gasteiger partial charge is 0.212 e. The molecule has 1 aliphatic rings. The molecule has 1 aromatic rings. The molecule has 4 heteroatoms. The topological polar surface area (TPSA) is 55.1 Å². The lowest BCUT2D eigenvalue weighted by Gasteiger charge is -2.30. The number of aliphatic hydroxyl groups is 1. The molecule has 1 N–H and O–H groups in total. The average molecular weight is 222 g/mol. The first kappa shape index (κ1) is 11.3. The van der Waals surface area contributed by atoms with Gasteiger partial charge in [0.1, 0.15) is 11.3 Å². The summed E-state index contributed by atoms with van der Waals surface area (Å²) in [7, 11) is 0. The van der Waals surface area contributed by atoms with Crippen LogP contribution in [-0.2, 0) is 6.54 Å². The number of hydrogen-bond acceptors (Lipinski definition) is 3. The molecule has 0 aliphatic heterocycles. The Morgan fingerprint density at radius 3 is 2.81 bits per heavy atom. The standard InChI is InChI=1S/C12H18N2O2/c1-2-14-10(6-9-13-14)11(15)12(16)7-4-3-5-8-12/h6,9,16H,2-5,7-8H2,1H3. The van der Waals surface area contributed by atoms with Gasteiger partial charge in [-0.15, -0.1) is 0 Å². The van der Waals surface area contributed by atoms with Crippen molar-refractivity contribution in [3.05, 3.63) is 18.0 Å². The fourth-order valence-electron chi connectivity index (χ4n) is 2.38. The Bertz CT molecular complexity index is 378. The molecule has 1 saturated carbocycles. The molecule has 1 aliphatic carbocycles. The average Bonchev–Trinajstić information content (AvgIpc) is 2.77. The number of aromatic nitrogens is 2. The Morgan fingerprint density at radius 1 is 1.50 bits per heavy atom. The quantitative estimate of drug-likeness (QED) is 0.793. The van der Waals surface area contributed by atoms with Crippen molar-refractivity contribution in [1.29, 1.82) is 0 Å². The van der Waals surface area contributed by atoms with Crippen LogP contribution in [0.4, 0.5) is 0 Å². The first-order chi connectivity index (χ1) is 7.67. The monoisotopic (exact) mass is 222 g/mol. The minimum atomic E-state index is -1.15. The van der Waals surface area contributed by atoms with Crippen LogP contribution in [0.3, 0.4) is 0 Å². The summed E-state index contributed by atoms with van der Waals surface area (Å²) in [5, 5.41) is 14.4. The first-order valence-corrected chi connectivity index (χ1v) is 5.96. The van der Waals surface area contributed by atoms with E-state index in [2.05, 4.69) is 5.10 Å². The number of rotatable bonds is 3. The van der Waals surface area contributed by atoms with Crippen molar-refractivity contribution in [1.82, 2.24) is 9.78 Å². The molecule has 1 heterocycles. The van der Waals surface area contributed by atoms with Crippen LogP contribution in [0.5, 0.6) is 0 Å². The number of nitrogens with zero attached hydrogens (tertiary/aromatic N) is 2. The van der Waals surface area contributed by atoms with Crippen molar-refractivity contribution in [2.45, 2.75) is 51.2 Å². The van der Waals surface area contributed by atoms with Crippen molar-refractivity contribution in [2.75, 3.05) is 0 Å². The zero-order valence-electron chi connectivity index (χ0n) is 9.65. The van der Waals surface area contributed by atoms with Gasteiger partial charge >= 0.3 is 0 Å². The molecule has 0 spiro atoms. The third-order valence-corrected chi connectivity index (χ3v) is 3.35. The van der Waals surface area contributed by atoms with Crippen LogP contribution in [0.1, 0.15) is 49.5 Å². The molecule has 0 bridgehead atoms. The molecule has 1 fully saturated rings. The fraction of sp³-hybridized carbons (Fsp3) is 0.667. The second-order valence-corrected chi connectivity index (χ2v) is 4.45. The van der Waals surface area contributed by atoms with Crippen LogP contribution >= 0.6 is 0 Å². The third kappa shape index (κ3) is 1.89. The maximum atomic E-state index is 12.3. The Morgan fingerprint density at radius 2 is 2.19 bits per heavy atom. The van der Waals surface area contributed by atoms with E-state index < -0.39 is 5.60 Å². The van der Waals surface area contributed by atoms with Gasteiger partial charge < -0.3 is 5.11 Å². The van der Waals surface area contributed by atoms with E-state index in [4.69, 9.17) is 0 Å². The fourth-order valence-corrected chi connectivity index (χ4v) is 2.38. The number of Topliss-reactive ketones (excluding diaryl/α,β-unsaturated/α-hetero) is 1. The van der Waals surface area contributed by atoms with Crippen LogP contribution in [-0.4, -0.2) is 26.3 Å². The van der Waals surface area contributed by atoms with E-state index in [1.54, 1.807) is 16.9 Å². The first-order valence-electron chi connectivity index (χ1n) is 5.96. The molecule has 1 aromatic heterocycles. The van der Waals surface area contributed by atoms with E-state index in [1.807, 2.05) is 6.92 Å². The Kier molecular flexibility index (Phi) is 3.10. The van der Waals surface area contributed by atoms with E-state index in [0.29, 0.717) is 25.1 Å². The van der Waals surface area contributed by atoms with E-state index in [-0.39, 0.29) is 5.78 Å². The van der Waals surface area contributed by atoms with Crippen LogP contribution in [0, 0.1) is 0 Å². The molecule has 4 nitrogen and oxygen atoms in total. The maximum absolute atomic E-state index is 12.3. The zero-order chi connectivity index (χ0) is 11.6. The highest BCUT2D eigenvalue weighted by Gasteiger charge is 2.38. The van der Waals surface area contributed by atoms with Gasteiger partial charge in [0.25, 0.3) is 0 Å². The Balaban J connectivity index is 2.24. The second-order valence-electron chi connectivity index (χ2n) is 4.45. The Hall–Kier alpha value is -1.16. The van der Waals surface area contributed by atoms with Crippen LogP contribution in [0.2, 0.25) is 0 Å². The van der Waals surface area contributed by atoms with Gasteiger partial charge in [0.15, 0.2) is 0 Å². The van der Waals surface area contributed by atoms with Gasteiger partial charge in [-0.2, -0.15) is 5.10 Å². The number of ketones is 1. The highest BCUT2D eigenvalue weighted by Crippen LogP contribution is 2.31. The minimum absolute atomic E-state index is 0.161. The molecular formula is C12H18N2O2. The van der Waals surface area contributed by atoms with Gasteiger partial charge in [-0.25, -0.2) is 0 Å². The minimum Gasteiger partial charge on any atom is -0.382 e. The number of hydrogen-bond donors (Lipinski definition) is 1. The van der Waals surface area contributed by atoms with E-state index in [1.165, 1.54) is 0 Å². The van der Waals surface area contributed by atoms with Gasteiger partial charge in [0.05, 0.1) is 0 Å². The molecule has 0 aromatic carbocycles. The van der Waals surface area contributed by atoms with E-state index in [0.717, 1.165) is 19.3 Å². The second kappa shape index (κ2) is 4.37. The molecule has 88 valence electrons. The van der Waals surface area contributed by atoms with Crippen molar-refractivity contribution >= 4 is 5.78 Å². The molecular weight excluding hydrogens is 204 g/mol. The summed E-state index contributed by atoms with van der Waals surface area (Å²) in [4.78, 5) is 12.3. The lowest BCUT2D eigenvalue weighted by atomic mass is 9.81. The summed E-state index contributed by atoms with van der Waals surface area (Å²) in [5.41, 5.74) is -0.613. The van der Waals surface area contributed by atoms with Crippen molar-refractivity contribution < 1.29 is 9.90 Å². The van der Waals surface area contributed by atoms with Gasteiger partial charge in [0.2, 0.25) is 5.78 Å². The summed E-state index contributed by atoms with van der Waals surface area (Å²) >= 11 is 0. The summed E-state index contributed by atoms with van der Waals surface area (Å²) in [5.74, 6) is -0.161. The van der Waals surface area contributed by atoms with Gasteiger partial charge in [-0.1, -0.05) is 19.3 Å². The predicted octanol–water partition coefficient (Wildman–Crippen LogP) is 1.78. The number of carbonyl (C=O) groups is 1. The summed E-state index contributed by atoms with van der Waals surface area (Å²) in [6, 6.07) is 1.69. The van der Waals surface area contributed by atoms with E-state index >= 15 is 0 Å². The number of aryl methyl sites for hydroxylation is 1. The van der Waals surface area contributed by atoms with Crippen molar-refractivity contribution in [3.63, 3.8) is 0 Å². The molecule has 0 saturated heterocycles. The Labute approximate surface area is 95.3 Å². The van der Waals surface area contributed by atoms with Crippen LogP contribution < -0.4 is 0 Å². The highest BCUT2D eigenvalue weighted by molar-refractivity contribution is 6.01. The summed E-state index contributed by atoms with van der Waals surface area (Å²) in [6.07, 6.45) is 5.76. The largest absolute Gasteiger partial charge is 0.382 e. The molecule has 0 unspecified atom stereocenters. The SMILES string of the molecule is CCn1nccc1C(=O)C1(O)CCCCC1. The lowest BCUT2D eigenvalue weighted by molar-refractivity contribution is 0.0107. The maximum Gasteiger partial charge on any atom is 0.212 e. The summed E-state index contributed by atoms with van der Waals surface area (Å²) in [6.45, 7) is 2.60. The predicted molar refractivity (Wildman–Crippen MR) is 60.3 cm³/mol. The molecule has 0 radical (unpaired) electrons. The molecule has 2 rings (SSSR count). The normalized spacial score (nSPS) is 19.6. The summed E-state index contributed by atoms with van der Waals surface area (Å²) < 4.78 is 1.65. The third-order valence-electron chi connectivity index (χ3n) is 3.35. The lowest BCUT2D eigenvalue weighted by Crippen LogP contribution is -2.41. The van der Waals surface area contributed by atoms with Gasteiger partial charge in [-0.05, 0) is 25.8 Å². The molecule has 16 heavy (non-hydrogen) atoms.